The van der Waals surface area contributed by atoms with Gasteiger partial charge in [-0.05, 0) is 43.0 Å². The Hall–Kier alpha value is -1.74. The van der Waals surface area contributed by atoms with E-state index in [-0.39, 0.29) is 0 Å². The van der Waals surface area contributed by atoms with Gasteiger partial charge in [0.25, 0.3) is 0 Å². The van der Waals surface area contributed by atoms with E-state index in [2.05, 4.69) is 9.97 Å². The van der Waals surface area contributed by atoms with E-state index in [1.165, 1.54) is 0 Å². The molecule has 0 aliphatic rings. The van der Waals surface area contributed by atoms with Crippen molar-refractivity contribution in [1.82, 2.24) is 9.97 Å². The summed E-state index contributed by atoms with van der Waals surface area (Å²) in [6, 6.07) is 5.86. The number of hydrogen-bond donors (Lipinski definition) is 1. The third kappa shape index (κ3) is 3.11. The van der Waals surface area contributed by atoms with Crippen LogP contribution in [0, 0.1) is 6.92 Å². The monoisotopic (exact) mass is 228 g/mol. The van der Waals surface area contributed by atoms with Crippen molar-refractivity contribution in [2.45, 2.75) is 25.9 Å². The summed E-state index contributed by atoms with van der Waals surface area (Å²) in [4.78, 5) is 8.11. The maximum absolute atomic E-state index is 10.1. The molecule has 1 atom stereocenters. The summed E-state index contributed by atoms with van der Waals surface area (Å²) in [7, 11) is 0. The van der Waals surface area contributed by atoms with Gasteiger partial charge in [0.05, 0.1) is 6.10 Å². The molecular weight excluding hydrogens is 212 g/mol. The number of aryl methyl sites for hydroxylation is 2. The van der Waals surface area contributed by atoms with E-state index in [4.69, 9.17) is 0 Å². The summed E-state index contributed by atoms with van der Waals surface area (Å²) in [6.45, 7) is 1.99. The second-order valence-electron chi connectivity index (χ2n) is 4.15. The summed E-state index contributed by atoms with van der Waals surface area (Å²) < 4.78 is 0. The fourth-order valence-corrected chi connectivity index (χ4v) is 1.83. The summed E-state index contributed by atoms with van der Waals surface area (Å²) in [6.07, 6.45) is 8.13. The molecule has 0 radical (unpaired) electrons. The fraction of sp³-hybridized carbons (Fsp3) is 0.286. The van der Waals surface area contributed by atoms with Gasteiger partial charge in [-0.1, -0.05) is 6.07 Å². The average Bonchev–Trinajstić information content (AvgIpc) is 2.38. The predicted octanol–water partition coefficient (Wildman–Crippen LogP) is 2.45. The first-order chi connectivity index (χ1) is 8.27. The normalized spacial score (nSPS) is 12.4. The third-order valence-electron chi connectivity index (χ3n) is 2.87. The quantitative estimate of drug-likeness (QED) is 0.874. The summed E-state index contributed by atoms with van der Waals surface area (Å²) in [5, 5.41) is 10.1. The van der Waals surface area contributed by atoms with Crippen molar-refractivity contribution in [2.75, 3.05) is 0 Å². The van der Waals surface area contributed by atoms with Gasteiger partial charge in [-0.3, -0.25) is 9.97 Å². The van der Waals surface area contributed by atoms with Gasteiger partial charge in [-0.25, -0.2) is 0 Å². The Balaban J connectivity index is 1.99. The lowest BCUT2D eigenvalue weighted by molar-refractivity contribution is 0.166. The highest BCUT2D eigenvalue weighted by Crippen LogP contribution is 2.20. The van der Waals surface area contributed by atoms with Crippen molar-refractivity contribution < 1.29 is 5.11 Å². The molecule has 2 aromatic heterocycles. The van der Waals surface area contributed by atoms with E-state index in [1.54, 1.807) is 18.6 Å². The zero-order valence-corrected chi connectivity index (χ0v) is 9.87. The Labute approximate surface area is 101 Å². The van der Waals surface area contributed by atoms with Crippen LogP contribution >= 0.6 is 0 Å². The molecule has 0 saturated carbocycles. The number of pyridine rings is 2. The van der Waals surface area contributed by atoms with Crippen LogP contribution in [0.15, 0.2) is 43.0 Å². The first kappa shape index (κ1) is 11.7. The maximum atomic E-state index is 10.1. The summed E-state index contributed by atoms with van der Waals surface area (Å²) in [5.74, 6) is 0. The maximum Gasteiger partial charge on any atom is 0.0810 e. The predicted molar refractivity (Wildman–Crippen MR) is 66.5 cm³/mol. The van der Waals surface area contributed by atoms with Crippen LogP contribution in [0.2, 0.25) is 0 Å². The van der Waals surface area contributed by atoms with E-state index in [0.717, 1.165) is 23.1 Å². The molecule has 0 aliphatic carbocycles. The number of aliphatic hydroxyl groups is 1. The van der Waals surface area contributed by atoms with Gasteiger partial charge in [-0.2, -0.15) is 0 Å². The molecule has 1 unspecified atom stereocenters. The molecule has 0 aliphatic heterocycles. The lowest BCUT2D eigenvalue weighted by Gasteiger charge is -2.12. The van der Waals surface area contributed by atoms with Gasteiger partial charge in [0.2, 0.25) is 0 Å². The molecule has 2 heterocycles. The average molecular weight is 228 g/mol. The molecule has 3 nitrogen and oxygen atoms in total. The standard InChI is InChI=1S/C14H16N2O/c1-11-6-8-16-10-13(11)14(17)5-4-12-3-2-7-15-9-12/h2-3,6-10,14,17H,4-5H2,1H3. The van der Waals surface area contributed by atoms with Gasteiger partial charge in [0.15, 0.2) is 0 Å². The smallest absolute Gasteiger partial charge is 0.0810 e. The van der Waals surface area contributed by atoms with Crippen molar-refractivity contribution >= 4 is 0 Å². The topological polar surface area (TPSA) is 46.0 Å². The largest absolute Gasteiger partial charge is 0.388 e. The lowest BCUT2D eigenvalue weighted by Crippen LogP contribution is -2.02. The van der Waals surface area contributed by atoms with Crippen LogP contribution in [0.25, 0.3) is 0 Å². The minimum atomic E-state index is -0.455. The Bertz CT molecular complexity index is 471. The number of hydrogen-bond acceptors (Lipinski definition) is 3. The minimum Gasteiger partial charge on any atom is -0.388 e. The van der Waals surface area contributed by atoms with E-state index >= 15 is 0 Å². The number of aliphatic hydroxyl groups excluding tert-OH is 1. The van der Waals surface area contributed by atoms with Gasteiger partial charge in [-0.15, -0.1) is 0 Å². The summed E-state index contributed by atoms with van der Waals surface area (Å²) >= 11 is 0. The molecule has 0 bridgehead atoms. The van der Waals surface area contributed by atoms with Crippen molar-refractivity contribution in [3.05, 3.63) is 59.7 Å². The summed E-state index contributed by atoms with van der Waals surface area (Å²) in [5.41, 5.74) is 3.14. The van der Waals surface area contributed by atoms with Crippen molar-refractivity contribution in [1.29, 1.82) is 0 Å². The molecule has 1 N–H and O–H groups in total. The number of nitrogens with zero attached hydrogens (tertiary/aromatic N) is 2. The molecule has 0 fully saturated rings. The van der Waals surface area contributed by atoms with Crippen LogP contribution in [0.3, 0.4) is 0 Å². The first-order valence-electron chi connectivity index (χ1n) is 5.75. The molecule has 0 amide bonds. The van der Waals surface area contributed by atoms with E-state index in [1.807, 2.05) is 31.3 Å². The van der Waals surface area contributed by atoms with Crippen molar-refractivity contribution in [2.24, 2.45) is 0 Å². The van der Waals surface area contributed by atoms with Crippen LogP contribution in [0.1, 0.15) is 29.2 Å². The van der Waals surface area contributed by atoms with Crippen molar-refractivity contribution in [3.63, 3.8) is 0 Å². The van der Waals surface area contributed by atoms with E-state index in [9.17, 15) is 5.11 Å². The molecule has 0 saturated heterocycles. The molecule has 0 aromatic carbocycles. The SMILES string of the molecule is Cc1ccncc1C(O)CCc1cccnc1. The third-order valence-corrected chi connectivity index (χ3v) is 2.87. The van der Waals surface area contributed by atoms with Crippen molar-refractivity contribution in [3.8, 4) is 0 Å². The highest BCUT2D eigenvalue weighted by Gasteiger charge is 2.10. The number of aromatic nitrogens is 2. The van der Waals surface area contributed by atoms with Crippen LogP contribution in [0.4, 0.5) is 0 Å². The molecule has 88 valence electrons. The zero-order chi connectivity index (χ0) is 12.1. The molecule has 3 heteroatoms. The zero-order valence-electron chi connectivity index (χ0n) is 9.87. The number of rotatable bonds is 4. The van der Waals surface area contributed by atoms with Gasteiger partial charge >= 0.3 is 0 Å². The Morgan fingerprint density at radius 2 is 2.00 bits per heavy atom. The molecular formula is C14H16N2O. The van der Waals surface area contributed by atoms with Crippen LogP contribution in [-0.4, -0.2) is 15.1 Å². The highest BCUT2D eigenvalue weighted by molar-refractivity contribution is 5.24. The second-order valence-corrected chi connectivity index (χ2v) is 4.15. The van der Waals surface area contributed by atoms with Gasteiger partial charge in [0, 0.05) is 30.4 Å². The lowest BCUT2D eigenvalue weighted by atomic mass is 10.0. The molecule has 17 heavy (non-hydrogen) atoms. The van der Waals surface area contributed by atoms with Gasteiger partial charge < -0.3 is 5.11 Å². The Morgan fingerprint density at radius 1 is 1.18 bits per heavy atom. The fourth-order valence-electron chi connectivity index (χ4n) is 1.83. The first-order valence-corrected chi connectivity index (χ1v) is 5.75. The molecule has 2 rings (SSSR count). The van der Waals surface area contributed by atoms with Gasteiger partial charge in [0.1, 0.15) is 0 Å². The highest BCUT2D eigenvalue weighted by atomic mass is 16.3. The van der Waals surface area contributed by atoms with Crippen LogP contribution in [-0.2, 0) is 6.42 Å². The van der Waals surface area contributed by atoms with E-state index < -0.39 is 6.10 Å². The Kier molecular flexibility index (Phi) is 3.83. The van der Waals surface area contributed by atoms with E-state index in [0.29, 0.717) is 6.42 Å². The minimum absolute atomic E-state index is 0.455. The molecule has 0 spiro atoms. The molecule has 2 aromatic rings. The Morgan fingerprint density at radius 3 is 2.71 bits per heavy atom. The van der Waals surface area contributed by atoms with Crippen LogP contribution in [0.5, 0.6) is 0 Å². The second kappa shape index (κ2) is 5.55. The van der Waals surface area contributed by atoms with Crippen LogP contribution < -0.4 is 0 Å².